The zero-order chi connectivity index (χ0) is 11.8. The second kappa shape index (κ2) is 3.99. The monoisotopic (exact) mass is 230 g/mol. The van der Waals surface area contributed by atoms with E-state index in [4.69, 9.17) is 15.7 Å². The fourth-order valence-corrected chi connectivity index (χ4v) is 2.70. The van der Waals surface area contributed by atoms with Crippen molar-refractivity contribution >= 4 is 5.82 Å². The molecule has 3 rings (SSSR count). The predicted molar refractivity (Wildman–Crippen MR) is 62.2 cm³/mol. The van der Waals surface area contributed by atoms with E-state index in [1.165, 1.54) is 0 Å². The Kier molecular flexibility index (Phi) is 2.46. The minimum absolute atomic E-state index is 0.0736. The van der Waals surface area contributed by atoms with Crippen LogP contribution in [0.3, 0.4) is 0 Å². The molecule has 1 saturated heterocycles. The van der Waals surface area contributed by atoms with E-state index in [2.05, 4.69) is 16.4 Å². The molecule has 3 N–H and O–H groups in total. The van der Waals surface area contributed by atoms with Gasteiger partial charge in [0.1, 0.15) is 11.9 Å². The highest BCUT2D eigenvalue weighted by molar-refractivity contribution is 5.52. The minimum Gasteiger partial charge on any atom is -0.376 e. The van der Waals surface area contributed by atoms with Crippen molar-refractivity contribution in [1.82, 2.24) is 4.98 Å². The Bertz CT molecular complexity index is 470. The predicted octanol–water partition coefficient (Wildman–Crippen LogP) is 0.480. The summed E-state index contributed by atoms with van der Waals surface area (Å²) in [5, 5.41) is 12.2. The highest BCUT2D eigenvalue weighted by Crippen LogP contribution is 2.39. The molecule has 4 atom stereocenters. The Balaban J connectivity index is 1.77. The van der Waals surface area contributed by atoms with Crippen molar-refractivity contribution in [3.05, 3.63) is 23.9 Å². The number of hydrogen-bond acceptors (Lipinski definition) is 5. The van der Waals surface area contributed by atoms with Crippen molar-refractivity contribution in [2.45, 2.75) is 24.6 Å². The highest BCUT2D eigenvalue weighted by Gasteiger charge is 2.52. The van der Waals surface area contributed by atoms with E-state index in [1.807, 2.05) is 0 Å². The fourth-order valence-electron chi connectivity index (χ4n) is 2.70. The van der Waals surface area contributed by atoms with E-state index in [-0.39, 0.29) is 18.2 Å². The summed E-state index contributed by atoms with van der Waals surface area (Å²) in [6.45, 7) is 0.786. The number of anilines is 1. The molecule has 1 saturated carbocycles. The topological polar surface area (TPSA) is 84.0 Å². The van der Waals surface area contributed by atoms with Crippen LogP contribution in [0.4, 0.5) is 5.82 Å². The van der Waals surface area contributed by atoms with Crippen LogP contribution < -0.4 is 11.1 Å². The molecule has 0 radical (unpaired) electrons. The van der Waals surface area contributed by atoms with Gasteiger partial charge in [-0.1, -0.05) is 0 Å². The number of nitrogens with two attached hydrogens (primary N) is 1. The third kappa shape index (κ3) is 1.57. The largest absolute Gasteiger partial charge is 0.376 e. The summed E-state index contributed by atoms with van der Waals surface area (Å²) in [5.41, 5.74) is 6.64. The maximum Gasteiger partial charge on any atom is 0.144 e. The maximum atomic E-state index is 8.98. The van der Waals surface area contributed by atoms with Gasteiger partial charge in [0.15, 0.2) is 0 Å². The van der Waals surface area contributed by atoms with Gasteiger partial charge in [-0.25, -0.2) is 4.98 Å². The first kappa shape index (κ1) is 10.5. The van der Waals surface area contributed by atoms with Gasteiger partial charge in [-0.05, 0) is 18.6 Å². The molecule has 1 aromatic heterocycles. The van der Waals surface area contributed by atoms with Crippen molar-refractivity contribution < 1.29 is 4.74 Å². The number of fused-ring (bicyclic) bond motifs is 1. The number of rotatable bonds is 2. The zero-order valence-electron chi connectivity index (χ0n) is 9.34. The number of hydrogen-bond donors (Lipinski definition) is 2. The molecule has 17 heavy (non-hydrogen) atoms. The molecular formula is C12H14N4O. The SMILES string of the molecule is N#Cc1cccnc1NC1C(N)C2CCOC21. The first-order valence-corrected chi connectivity index (χ1v) is 5.80. The first-order valence-electron chi connectivity index (χ1n) is 5.80. The van der Waals surface area contributed by atoms with Crippen molar-refractivity contribution in [3.63, 3.8) is 0 Å². The van der Waals surface area contributed by atoms with Gasteiger partial charge in [-0.2, -0.15) is 5.26 Å². The van der Waals surface area contributed by atoms with Gasteiger partial charge in [0.25, 0.3) is 0 Å². The van der Waals surface area contributed by atoms with Gasteiger partial charge in [0.05, 0.1) is 17.7 Å². The Morgan fingerprint density at radius 2 is 2.47 bits per heavy atom. The molecule has 0 amide bonds. The van der Waals surface area contributed by atoms with E-state index in [9.17, 15) is 0 Å². The van der Waals surface area contributed by atoms with Crippen LogP contribution in [0.15, 0.2) is 18.3 Å². The Labute approximate surface area is 99.6 Å². The Hall–Kier alpha value is -1.64. The molecule has 0 bridgehead atoms. The second-order valence-electron chi connectivity index (χ2n) is 4.55. The second-order valence-corrected chi connectivity index (χ2v) is 4.55. The van der Waals surface area contributed by atoms with Crippen LogP contribution in [0.1, 0.15) is 12.0 Å². The molecule has 5 heteroatoms. The summed E-state index contributed by atoms with van der Waals surface area (Å²) in [7, 11) is 0. The summed E-state index contributed by atoms with van der Waals surface area (Å²) in [6.07, 6.45) is 2.89. The molecule has 1 aromatic rings. The van der Waals surface area contributed by atoms with Crippen LogP contribution in [0.2, 0.25) is 0 Å². The van der Waals surface area contributed by atoms with Crippen LogP contribution in [0, 0.1) is 17.2 Å². The van der Waals surface area contributed by atoms with E-state index in [1.54, 1.807) is 18.3 Å². The van der Waals surface area contributed by atoms with E-state index in [0.29, 0.717) is 17.3 Å². The van der Waals surface area contributed by atoms with Crippen molar-refractivity contribution in [1.29, 1.82) is 5.26 Å². The van der Waals surface area contributed by atoms with Gasteiger partial charge in [0.2, 0.25) is 0 Å². The lowest BCUT2D eigenvalue weighted by Gasteiger charge is -2.45. The summed E-state index contributed by atoms with van der Waals surface area (Å²) in [4.78, 5) is 4.18. The molecule has 2 aliphatic rings. The number of ether oxygens (including phenoxy) is 1. The number of nitrogens with zero attached hydrogens (tertiary/aromatic N) is 2. The van der Waals surface area contributed by atoms with Crippen molar-refractivity contribution in [2.24, 2.45) is 11.7 Å². The smallest absolute Gasteiger partial charge is 0.144 e. The summed E-state index contributed by atoms with van der Waals surface area (Å²) in [6, 6.07) is 5.78. The minimum atomic E-state index is 0.0736. The van der Waals surface area contributed by atoms with Crippen LogP contribution in [-0.4, -0.2) is 29.8 Å². The van der Waals surface area contributed by atoms with Gasteiger partial charge in [-0.3, -0.25) is 0 Å². The molecule has 1 aliphatic carbocycles. The van der Waals surface area contributed by atoms with Crippen LogP contribution >= 0.6 is 0 Å². The van der Waals surface area contributed by atoms with E-state index < -0.39 is 0 Å². The normalized spacial score (nSPS) is 34.6. The average Bonchev–Trinajstić information content (AvgIpc) is 2.81. The van der Waals surface area contributed by atoms with Gasteiger partial charge in [-0.15, -0.1) is 0 Å². The molecular weight excluding hydrogens is 216 g/mol. The van der Waals surface area contributed by atoms with Gasteiger partial charge in [0, 0.05) is 24.8 Å². The lowest BCUT2D eigenvalue weighted by molar-refractivity contribution is 0.00523. The van der Waals surface area contributed by atoms with Gasteiger partial charge >= 0.3 is 0 Å². The number of nitrogens with one attached hydrogen (secondary N) is 1. The molecule has 4 unspecified atom stereocenters. The zero-order valence-corrected chi connectivity index (χ0v) is 9.34. The molecule has 0 spiro atoms. The third-order valence-electron chi connectivity index (χ3n) is 3.68. The molecule has 1 aliphatic heterocycles. The van der Waals surface area contributed by atoms with Gasteiger partial charge < -0.3 is 15.8 Å². The molecule has 0 aromatic carbocycles. The lowest BCUT2D eigenvalue weighted by atomic mass is 9.72. The molecule has 2 heterocycles. The van der Waals surface area contributed by atoms with Crippen molar-refractivity contribution in [3.8, 4) is 6.07 Å². The van der Waals surface area contributed by atoms with Crippen LogP contribution in [0.25, 0.3) is 0 Å². The first-order chi connectivity index (χ1) is 8.31. The quantitative estimate of drug-likeness (QED) is 0.772. The Morgan fingerprint density at radius 3 is 3.29 bits per heavy atom. The highest BCUT2D eigenvalue weighted by atomic mass is 16.5. The summed E-state index contributed by atoms with van der Waals surface area (Å²) >= 11 is 0. The molecule has 2 fully saturated rings. The van der Waals surface area contributed by atoms with Crippen LogP contribution in [0.5, 0.6) is 0 Å². The standard InChI is InChI=1S/C12H14N4O/c13-6-7-2-1-4-15-12(7)16-10-9(14)8-3-5-17-11(8)10/h1-2,4,8-11H,3,5,14H2,(H,15,16). The maximum absolute atomic E-state index is 8.98. The average molecular weight is 230 g/mol. The molecule has 88 valence electrons. The van der Waals surface area contributed by atoms with Crippen molar-refractivity contribution in [2.75, 3.05) is 11.9 Å². The number of nitriles is 1. The molecule has 5 nitrogen and oxygen atoms in total. The number of pyridine rings is 1. The lowest BCUT2D eigenvalue weighted by Crippen LogP contribution is -2.65. The van der Waals surface area contributed by atoms with E-state index >= 15 is 0 Å². The Morgan fingerprint density at radius 1 is 1.59 bits per heavy atom. The van der Waals surface area contributed by atoms with E-state index in [0.717, 1.165) is 13.0 Å². The summed E-state index contributed by atoms with van der Waals surface area (Å²) in [5.74, 6) is 1.06. The van der Waals surface area contributed by atoms with Crippen LogP contribution in [-0.2, 0) is 4.74 Å². The third-order valence-corrected chi connectivity index (χ3v) is 3.68. The summed E-state index contributed by atoms with van der Waals surface area (Å²) < 4.78 is 5.63. The number of aromatic nitrogens is 1. The fraction of sp³-hybridized carbons (Fsp3) is 0.500.